The Morgan fingerprint density at radius 2 is 1.70 bits per heavy atom. The van der Waals surface area contributed by atoms with Crippen LogP contribution in [0.5, 0.6) is 0 Å². The molecule has 0 N–H and O–H groups in total. The highest BCUT2D eigenvalue weighted by Crippen LogP contribution is 2.53. The van der Waals surface area contributed by atoms with Gasteiger partial charge in [0.05, 0.1) is 4.75 Å². The summed E-state index contributed by atoms with van der Waals surface area (Å²) < 4.78 is 11.4. The molecule has 0 heterocycles. The average Bonchev–Trinajstić information content (AvgIpc) is 2.36. The summed E-state index contributed by atoms with van der Waals surface area (Å²) in [5.41, 5.74) is 0.229. The van der Waals surface area contributed by atoms with Gasteiger partial charge in [-0.3, -0.25) is 4.21 Å². The van der Waals surface area contributed by atoms with Crippen LogP contribution in [0.2, 0.25) is 0 Å². The molecule has 1 fully saturated rings. The maximum Gasteiger partial charge on any atom is 0.0505 e. The summed E-state index contributed by atoms with van der Waals surface area (Å²) >= 11 is 0. The van der Waals surface area contributed by atoms with E-state index in [1.165, 1.54) is 0 Å². The molecule has 0 aromatic rings. The number of hydrogen-bond acceptors (Lipinski definition) is 1. The van der Waals surface area contributed by atoms with Crippen molar-refractivity contribution in [2.24, 2.45) is 5.41 Å². The largest absolute Gasteiger partial charge is 0.259 e. The van der Waals surface area contributed by atoms with E-state index in [1.54, 1.807) is 0 Å². The number of hydrogen-bond donors (Lipinski definition) is 0. The van der Waals surface area contributed by atoms with Gasteiger partial charge >= 0.3 is 0 Å². The summed E-state index contributed by atoms with van der Waals surface area (Å²) in [5.74, 6) is 0. The van der Waals surface area contributed by atoms with Gasteiger partial charge in [0, 0.05) is 17.1 Å². The topological polar surface area (TPSA) is 17.1 Å². The van der Waals surface area contributed by atoms with Gasteiger partial charge in [-0.15, -0.1) is 0 Å². The maximum atomic E-state index is 11.3. The summed E-state index contributed by atoms with van der Waals surface area (Å²) in [6.45, 7) is 6.55. The molecule has 1 nitrogen and oxygen atoms in total. The minimum atomic E-state index is -0.634. The molecule has 2 heteroatoms. The Bertz CT molecular complexity index is 163. The van der Waals surface area contributed by atoms with E-state index in [1.807, 2.05) is 6.26 Å². The Hall–Kier alpha value is 0.150. The predicted molar refractivity (Wildman–Crippen MR) is 45.5 cm³/mol. The first-order valence-electron chi connectivity index (χ1n) is 3.74. The fourth-order valence-corrected chi connectivity index (χ4v) is 3.12. The van der Waals surface area contributed by atoms with E-state index < -0.39 is 10.8 Å². The van der Waals surface area contributed by atoms with E-state index in [0.717, 1.165) is 12.8 Å². The highest BCUT2D eigenvalue weighted by Gasteiger charge is 2.55. The standard InChI is InChI=1S/C8H16OS/c1-7(2,3)8(5-6-8)10(4)9/h5-6H2,1-4H3. The van der Waals surface area contributed by atoms with Crippen molar-refractivity contribution in [2.75, 3.05) is 6.26 Å². The molecule has 0 aromatic carbocycles. The molecule has 1 unspecified atom stereocenters. The van der Waals surface area contributed by atoms with Gasteiger partial charge in [-0.2, -0.15) is 0 Å². The average molecular weight is 160 g/mol. The molecule has 0 amide bonds. The second-order valence-corrected chi connectivity index (χ2v) is 5.89. The molecular formula is C8H16OS. The van der Waals surface area contributed by atoms with Gasteiger partial charge in [0.2, 0.25) is 0 Å². The molecule has 1 rings (SSSR count). The third kappa shape index (κ3) is 1.03. The molecule has 0 bridgehead atoms. The molecule has 60 valence electrons. The first kappa shape index (κ1) is 8.25. The number of rotatable bonds is 1. The second kappa shape index (κ2) is 2.07. The van der Waals surface area contributed by atoms with Crippen molar-refractivity contribution in [3.05, 3.63) is 0 Å². The summed E-state index contributed by atoms with van der Waals surface area (Å²) in [6.07, 6.45) is 4.14. The van der Waals surface area contributed by atoms with Crippen molar-refractivity contribution in [1.82, 2.24) is 0 Å². The van der Waals surface area contributed by atoms with Crippen molar-refractivity contribution in [1.29, 1.82) is 0 Å². The SMILES string of the molecule is CS(=O)C1(C(C)(C)C)CC1. The highest BCUT2D eigenvalue weighted by molar-refractivity contribution is 7.86. The van der Waals surface area contributed by atoms with E-state index in [2.05, 4.69) is 20.8 Å². The third-order valence-corrected chi connectivity index (χ3v) is 4.74. The van der Waals surface area contributed by atoms with Crippen LogP contribution in [0.1, 0.15) is 33.6 Å². The minimum Gasteiger partial charge on any atom is -0.259 e. The van der Waals surface area contributed by atoms with Crippen molar-refractivity contribution in [3.63, 3.8) is 0 Å². The first-order valence-corrected chi connectivity index (χ1v) is 5.29. The minimum absolute atomic E-state index is 0.160. The van der Waals surface area contributed by atoms with Gasteiger partial charge in [0.15, 0.2) is 0 Å². The van der Waals surface area contributed by atoms with Gasteiger partial charge < -0.3 is 0 Å². The summed E-state index contributed by atoms with van der Waals surface area (Å²) in [7, 11) is -0.634. The predicted octanol–water partition coefficient (Wildman–Crippen LogP) is 1.94. The van der Waals surface area contributed by atoms with Crippen LogP contribution in [-0.2, 0) is 10.8 Å². The van der Waals surface area contributed by atoms with Crippen molar-refractivity contribution >= 4 is 10.8 Å². The van der Waals surface area contributed by atoms with Crippen LogP contribution in [0.15, 0.2) is 0 Å². The summed E-state index contributed by atoms with van der Waals surface area (Å²) in [6, 6.07) is 0. The van der Waals surface area contributed by atoms with Crippen LogP contribution in [0.4, 0.5) is 0 Å². The van der Waals surface area contributed by atoms with E-state index in [-0.39, 0.29) is 10.2 Å². The lowest BCUT2D eigenvalue weighted by molar-refractivity contribution is 0.374. The molecule has 0 aliphatic heterocycles. The van der Waals surface area contributed by atoms with Crippen molar-refractivity contribution in [3.8, 4) is 0 Å². The fourth-order valence-electron chi connectivity index (χ4n) is 1.58. The van der Waals surface area contributed by atoms with E-state index in [0.29, 0.717) is 0 Å². The summed E-state index contributed by atoms with van der Waals surface area (Å²) in [5, 5.41) is 0. The van der Waals surface area contributed by atoms with Gasteiger partial charge in [-0.25, -0.2) is 0 Å². The van der Waals surface area contributed by atoms with Gasteiger partial charge in [-0.05, 0) is 18.3 Å². The molecule has 1 saturated carbocycles. The van der Waals surface area contributed by atoms with Crippen LogP contribution in [-0.4, -0.2) is 15.2 Å². The third-order valence-electron chi connectivity index (χ3n) is 2.62. The van der Waals surface area contributed by atoms with Crippen LogP contribution in [0.25, 0.3) is 0 Å². The molecule has 0 radical (unpaired) electrons. The first-order chi connectivity index (χ1) is 4.40. The smallest absolute Gasteiger partial charge is 0.0505 e. The molecule has 0 spiro atoms. The lowest BCUT2D eigenvalue weighted by Gasteiger charge is -2.28. The van der Waals surface area contributed by atoms with Crippen LogP contribution >= 0.6 is 0 Å². The lowest BCUT2D eigenvalue weighted by Crippen LogP contribution is -2.32. The zero-order valence-corrected chi connectivity index (χ0v) is 8.05. The Labute approximate surface area is 65.7 Å². The van der Waals surface area contributed by atoms with Crippen LogP contribution < -0.4 is 0 Å². The zero-order chi connectivity index (χ0) is 7.99. The van der Waals surface area contributed by atoms with Gasteiger partial charge in [0.1, 0.15) is 0 Å². The van der Waals surface area contributed by atoms with Crippen molar-refractivity contribution < 1.29 is 4.21 Å². The zero-order valence-electron chi connectivity index (χ0n) is 7.23. The second-order valence-electron chi connectivity index (χ2n) is 4.20. The lowest BCUT2D eigenvalue weighted by atomic mass is 9.90. The monoisotopic (exact) mass is 160 g/mol. The molecule has 0 aromatic heterocycles. The Balaban J connectivity index is 2.80. The molecule has 10 heavy (non-hydrogen) atoms. The molecular weight excluding hydrogens is 144 g/mol. The quantitative estimate of drug-likeness (QED) is 0.573. The molecule has 0 saturated heterocycles. The van der Waals surface area contributed by atoms with E-state index in [4.69, 9.17) is 0 Å². The van der Waals surface area contributed by atoms with Gasteiger partial charge in [0.25, 0.3) is 0 Å². The molecule has 1 atom stereocenters. The normalized spacial score (nSPS) is 26.0. The van der Waals surface area contributed by atoms with Crippen LogP contribution in [0.3, 0.4) is 0 Å². The molecule has 1 aliphatic carbocycles. The van der Waals surface area contributed by atoms with E-state index in [9.17, 15) is 4.21 Å². The highest BCUT2D eigenvalue weighted by atomic mass is 32.2. The fraction of sp³-hybridized carbons (Fsp3) is 1.00. The van der Waals surface area contributed by atoms with Crippen molar-refractivity contribution in [2.45, 2.75) is 38.4 Å². The molecule has 1 aliphatic rings. The Morgan fingerprint density at radius 3 is 1.70 bits per heavy atom. The summed E-state index contributed by atoms with van der Waals surface area (Å²) in [4.78, 5) is 0. The Morgan fingerprint density at radius 1 is 1.30 bits per heavy atom. The Kier molecular flexibility index (Phi) is 1.70. The van der Waals surface area contributed by atoms with E-state index >= 15 is 0 Å². The van der Waals surface area contributed by atoms with Gasteiger partial charge in [-0.1, -0.05) is 20.8 Å². The van der Waals surface area contributed by atoms with Crippen LogP contribution in [0, 0.1) is 5.41 Å². The maximum absolute atomic E-state index is 11.3.